The Morgan fingerprint density at radius 2 is 1.69 bits per heavy atom. The fourth-order valence-corrected chi connectivity index (χ4v) is 3.46. The number of amides is 1. The summed E-state index contributed by atoms with van der Waals surface area (Å²) < 4.78 is 10.2. The van der Waals surface area contributed by atoms with Crippen molar-refractivity contribution in [2.75, 3.05) is 20.3 Å². The quantitative estimate of drug-likeness (QED) is 0.702. The maximum Gasteiger partial charge on any atom is 0.337 e. The molecule has 6 heteroatoms. The van der Waals surface area contributed by atoms with E-state index in [1.807, 2.05) is 30.3 Å². The van der Waals surface area contributed by atoms with E-state index in [2.05, 4.69) is 4.74 Å². The van der Waals surface area contributed by atoms with Crippen LogP contribution < -0.4 is 0 Å². The van der Waals surface area contributed by atoms with E-state index in [4.69, 9.17) is 4.74 Å². The maximum absolute atomic E-state index is 12.8. The minimum atomic E-state index is -0.543. The summed E-state index contributed by atoms with van der Waals surface area (Å²) in [5, 5.41) is 0. The molecular weight excluding hydrogens is 370 g/mol. The molecule has 1 aliphatic rings. The van der Waals surface area contributed by atoms with Crippen LogP contribution in [0.4, 0.5) is 0 Å². The van der Waals surface area contributed by atoms with Gasteiger partial charge in [-0.25, -0.2) is 9.59 Å². The first-order chi connectivity index (χ1) is 14.1. The average molecular weight is 395 g/mol. The number of piperidine rings is 1. The SMILES string of the molecule is COC(=O)c1ccc(CCOC(=O)C2CCCCN2C(=O)c2ccccc2)cc1. The van der Waals surface area contributed by atoms with Crippen molar-refractivity contribution in [1.29, 1.82) is 0 Å². The number of carbonyl (C=O) groups excluding carboxylic acids is 3. The number of rotatable bonds is 6. The summed E-state index contributed by atoms with van der Waals surface area (Å²) in [5.41, 5.74) is 2.01. The number of benzene rings is 2. The van der Waals surface area contributed by atoms with E-state index in [1.54, 1.807) is 29.2 Å². The molecule has 1 fully saturated rings. The van der Waals surface area contributed by atoms with Crippen LogP contribution in [-0.2, 0) is 20.7 Å². The zero-order chi connectivity index (χ0) is 20.6. The van der Waals surface area contributed by atoms with E-state index in [1.165, 1.54) is 7.11 Å². The van der Waals surface area contributed by atoms with Crippen molar-refractivity contribution < 1.29 is 23.9 Å². The molecule has 0 radical (unpaired) electrons. The minimum Gasteiger partial charge on any atom is -0.465 e. The van der Waals surface area contributed by atoms with Gasteiger partial charge in [-0.05, 0) is 49.1 Å². The fraction of sp³-hybridized carbons (Fsp3) is 0.348. The first-order valence-corrected chi connectivity index (χ1v) is 9.80. The molecule has 152 valence electrons. The van der Waals surface area contributed by atoms with Crippen molar-refractivity contribution in [3.05, 3.63) is 71.3 Å². The van der Waals surface area contributed by atoms with Gasteiger partial charge in [-0.15, -0.1) is 0 Å². The molecule has 29 heavy (non-hydrogen) atoms. The average Bonchev–Trinajstić information content (AvgIpc) is 2.79. The Morgan fingerprint density at radius 1 is 0.966 bits per heavy atom. The second kappa shape index (κ2) is 9.87. The summed E-state index contributed by atoms with van der Waals surface area (Å²) in [6.07, 6.45) is 2.93. The number of methoxy groups -OCH3 is 1. The van der Waals surface area contributed by atoms with Crippen LogP contribution in [0, 0.1) is 0 Å². The largest absolute Gasteiger partial charge is 0.465 e. The lowest BCUT2D eigenvalue weighted by molar-refractivity contribution is -0.150. The second-order valence-electron chi connectivity index (χ2n) is 6.98. The van der Waals surface area contributed by atoms with Gasteiger partial charge in [0, 0.05) is 18.5 Å². The van der Waals surface area contributed by atoms with Crippen LogP contribution in [0.25, 0.3) is 0 Å². The van der Waals surface area contributed by atoms with E-state index < -0.39 is 6.04 Å². The van der Waals surface area contributed by atoms with Crippen LogP contribution in [-0.4, -0.2) is 49.0 Å². The van der Waals surface area contributed by atoms with Gasteiger partial charge in [0.2, 0.25) is 0 Å². The summed E-state index contributed by atoms with van der Waals surface area (Å²) in [4.78, 5) is 38.5. The van der Waals surface area contributed by atoms with E-state index in [-0.39, 0.29) is 24.5 Å². The molecular formula is C23H25NO5. The molecule has 1 heterocycles. The smallest absolute Gasteiger partial charge is 0.337 e. The summed E-state index contributed by atoms with van der Waals surface area (Å²) in [6, 6.07) is 15.5. The molecule has 6 nitrogen and oxygen atoms in total. The molecule has 0 aliphatic carbocycles. The van der Waals surface area contributed by atoms with Gasteiger partial charge in [-0.3, -0.25) is 4.79 Å². The Bertz CT molecular complexity index is 847. The zero-order valence-electron chi connectivity index (χ0n) is 16.5. The highest BCUT2D eigenvalue weighted by molar-refractivity contribution is 5.97. The van der Waals surface area contributed by atoms with Crippen LogP contribution in [0.5, 0.6) is 0 Å². The van der Waals surface area contributed by atoms with Gasteiger partial charge in [-0.2, -0.15) is 0 Å². The Hall–Kier alpha value is -3.15. The van der Waals surface area contributed by atoms with Gasteiger partial charge in [0.25, 0.3) is 5.91 Å². The minimum absolute atomic E-state index is 0.134. The topological polar surface area (TPSA) is 72.9 Å². The lowest BCUT2D eigenvalue weighted by atomic mass is 10.0. The number of esters is 2. The van der Waals surface area contributed by atoms with Crippen LogP contribution in [0.1, 0.15) is 45.5 Å². The molecule has 0 N–H and O–H groups in total. The molecule has 1 atom stereocenters. The summed E-state index contributed by atoms with van der Waals surface area (Å²) in [5.74, 6) is -0.880. The third-order valence-electron chi connectivity index (χ3n) is 5.07. The van der Waals surface area contributed by atoms with E-state index >= 15 is 0 Å². The zero-order valence-corrected chi connectivity index (χ0v) is 16.5. The Morgan fingerprint density at radius 3 is 2.38 bits per heavy atom. The normalized spacial score (nSPS) is 16.2. The lowest BCUT2D eigenvalue weighted by Crippen LogP contribution is -2.48. The summed E-state index contributed by atoms with van der Waals surface area (Å²) >= 11 is 0. The Labute approximate surface area is 170 Å². The van der Waals surface area contributed by atoms with Crippen molar-refractivity contribution in [3.8, 4) is 0 Å². The predicted molar refractivity (Wildman–Crippen MR) is 108 cm³/mol. The molecule has 2 aromatic rings. The monoisotopic (exact) mass is 395 g/mol. The van der Waals surface area contributed by atoms with Gasteiger partial charge in [0.1, 0.15) is 6.04 Å². The third kappa shape index (κ3) is 5.22. The van der Waals surface area contributed by atoms with Gasteiger partial charge in [-0.1, -0.05) is 30.3 Å². The van der Waals surface area contributed by atoms with Crippen molar-refractivity contribution in [3.63, 3.8) is 0 Å². The van der Waals surface area contributed by atoms with Gasteiger partial charge in [0.05, 0.1) is 19.3 Å². The van der Waals surface area contributed by atoms with Gasteiger partial charge in [0.15, 0.2) is 0 Å². The van der Waals surface area contributed by atoms with E-state index in [0.29, 0.717) is 30.5 Å². The molecule has 2 aromatic carbocycles. The highest BCUT2D eigenvalue weighted by Crippen LogP contribution is 2.21. The van der Waals surface area contributed by atoms with Crippen LogP contribution in [0.2, 0.25) is 0 Å². The standard InChI is InChI=1S/C23H25NO5/c1-28-22(26)19-12-10-17(11-13-19)14-16-29-23(27)20-9-5-6-15-24(20)21(25)18-7-3-2-4-8-18/h2-4,7-8,10-13,20H,5-6,9,14-16H2,1H3. The molecule has 3 rings (SSSR count). The molecule has 0 spiro atoms. The number of hydrogen-bond donors (Lipinski definition) is 0. The number of hydrogen-bond acceptors (Lipinski definition) is 5. The predicted octanol–water partition coefficient (Wildman–Crippen LogP) is 3.25. The molecule has 0 bridgehead atoms. The fourth-order valence-electron chi connectivity index (χ4n) is 3.46. The van der Waals surface area contributed by atoms with E-state index in [0.717, 1.165) is 18.4 Å². The van der Waals surface area contributed by atoms with Gasteiger partial charge < -0.3 is 14.4 Å². The molecule has 0 saturated carbocycles. The molecule has 1 unspecified atom stereocenters. The molecule has 1 aliphatic heterocycles. The third-order valence-corrected chi connectivity index (χ3v) is 5.07. The number of carbonyl (C=O) groups is 3. The van der Waals surface area contributed by atoms with Crippen LogP contribution in [0.3, 0.4) is 0 Å². The Kier molecular flexibility index (Phi) is 7.00. The summed E-state index contributed by atoms with van der Waals surface area (Å²) in [6.45, 7) is 0.781. The van der Waals surface area contributed by atoms with Crippen LogP contribution >= 0.6 is 0 Å². The van der Waals surface area contributed by atoms with Crippen LogP contribution in [0.15, 0.2) is 54.6 Å². The molecule has 1 amide bonds. The highest BCUT2D eigenvalue weighted by atomic mass is 16.5. The second-order valence-corrected chi connectivity index (χ2v) is 6.98. The van der Waals surface area contributed by atoms with Crippen molar-refractivity contribution in [2.45, 2.75) is 31.7 Å². The first-order valence-electron chi connectivity index (χ1n) is 9.80. The first kappa shape index (κ1) is 20.6. The summed E-state index contributed by atoms with van der Waals surface area (Å²) in [7, 11) is 1.34. The van der Waals surface area contributed by atoms with E-state index in [9.17, 15) is 14.4 Å². The number of nitrogens with zero attached hydrogens (tertiary/aromatic N) is 1. The number of ether oxygens (including phenoxy) is 2. The molecule has 0 aromatic heterocycles. The lowest BCUT2D eigenvalue weighted by Gasteiger charge is -2.34. The van der Waals surface area contributed by atoms with Crippen molar-refractivity contribution in [1.82, 2.24) is 4.90 Å². The Balaban J connectivity index is 1.56. The van der Waals surface area contributed by atoms with Gasteiger partial charge >= 0.3 is 11.9 Å². The molecule has 1 saturated heterocycles. The van der Waals surface area contributed by atoms with Crippen molar-refractivity contribution >= 4 is 17.8 Å². The number of likely N-dealkylation sites (tertiary alicyclic amines) is 1. The van der Waals surface area contributed by atoms with Crippen molar-refractivity contribution in [2.24, 2.45) is 0 Å². The maximum atomic E-state index is 12.8. The highest BCUT2D eigenvalue weighted by Gasteiger charge is 2.33.